The number of fused-ring (bicyclic) bond motifs is 4. The Morgan fingerprint density at radius 2 is 1.79 bits per heavy atom. The number of aromatic nitrogens is 2. The van der Waals surface area contributed by atoms with Gasteiger partial charge in [-0.2, -0.15) is 0 Å². The van der Waals surface area contributed by atoms with Crippen molar-refractivity contribution in [3.63, 3.8) is 0 Å². The van der Waals surface area contributed by atoms with E-state index in [2.05, 4.69) is 9.97 Å². The fourth-order valence-electron chi connectivity index (χ4n) is 5.24. The predicted octanol–water partition coefficient (Wildman–Crippen LogP) is 2.91. The predicted molar refractivity (Wildman–Crippen MR) is 113 cm³/mol. The van der Waals surface area contributed by atoms with E-state index in [9.17, 15) is 9.59 Å². The Balaban J connectivity index is 1.61. The van der Waals surface area contributed by atoms with Crippen molar-refractivity contribution in [3.8, 4) is 17.2 Å². The molecule has 1 fully saturated rings. The summed E-state index contributed by atoms with van der Waals surface area (Å²) in [5.74, 6) is -0.326. The van der Waals surface area contributed by atoms with E-state index >= 15 is 0 Å². The van der Waals surface area contributed by atoms with Gasteiger partial charge in [-0.15, -0.1) is 0 Å². The van der Waals surface area contributed by atoms with Gasteiger partial charge in [0.25, 0.3) is 0 Å². The largest absolute Gasteiger partial charge is 0.494 e. The molecule has 1 unspecified atom stereocenters. The lowest BCUT2D eigenvalue weighted by atomic mass is 9.66. The lowest BCUT2D eigenvalue weighted by Gasteiger charge is -2.38. The number of ether oxygens (including phenoxy) is 5. The highest BCUT2D eigenvalue weighted by Crippen LogP contribution is 2.55. The first kappa shape index (κ1) is 19.8. The van der Waals surface area contributed by atoms with Crippen LogP contribution in [0.25, 0.3) is 11.0 Å². The van der Waals surface area contributed by atoms with Crippen LogP contribution in [0.5, 0.6) is 17.2 Å². The number of methoxy groups -OCH3 is 1. The normalized spacial score (nSPS) is 24.7. The van der Waals surface area contributed by atoms with E-state index in [1.807, 2.05) is 24.3 Å². The highest BCUT2D eigenvalue weighted by molar-refractivity contribution is 5.84. The van der Waals surface area contributed by atoms with Gasteiger partial charge in [-0.25, -0.2) is 4.98 Å². The van der Waals surface area contributed by atoms with Crippen LogP contribution in [0.2, 0.25) is 0 Å². The molecule has 9 heteroatoms. The Labute approximate surface area is 188 Å². The number of rotatable bonds is 3. The van der Waals surface area contributed by atoms with Crippen LogP contribution in [0.4, 0.5) is 0 Å². The number of carbonyl (C=O) groups is 2. The van der Waals surface area contributed by atoms with E-state index in [0.717, 1.165) is 16.7 Å². The zero-order chi connectivity index (χ0) is 22.7. The molecule has 0 amide bonds. The van der Waals surface area contributed by atoms with Crippen LogP contribution < -0.4 is 14.2 Å². The summed E-state index contributed by atoms with van der Waals surface area (Å²) < 4.78 is 28.0. The summed E-state index contributed by atoms with van der Waals surface area (Å²) in [6.45, 7) is 1.63. The van der Waals surface area contributed by atoms with E-state index in [-0.39, 0.29) is 31.2 Å². The monoisotopic (exact) mass is 448 g/mol. The van der Waals surface area contributed by atoms with Crippen LogP contribution >= 0.6 is 0 Å². The zero-order valence-electron chi connectivity index (χ0n) is 17.9. The third-order valence-electron chi connectivity index (χ3n) is 6.55. The summed E-state index contributed by atoms with van der Waals surface area (Å²) in [5.41, 5.74) is 3.70. The fraction of sp³-hybridized carbons (Fsp3) is 0.333. The highest BCUT2D eigenvalue weighted by atomic mass is 16.7. The van der Waals surface area contributed by atoms with E-state index in [4.69, 9.17) is 23.7 Å². The Hall–Kier alpha value is -3.88. The van der Waals surface area contributed by atoms with Gasteiger partial charge in [0.15, 0.2) is 11.5 Å². The number of nitrogens with zero attached hydrogens (tertiary/aromatic N) is 2. The molecule has 168 valence electrons. The molecule has 33 heavy (non-hydrogen) atoms. The summed E-state index contributed by atoms with van der Waals surface area (Å²) in [7, 11) is 1.57. The Kier molecular flexibility index (Phi) is 4.39. The topological polar surface area (TPSA) is 106 Å². The van der Waals surface area contributed by atoms with Crippen molar-refractivity contribution >= 4 is 23.0 Å². The third kappa shape index (κ3) is 2.99. The molecule has 2 aromatic carbocycles. The van der Waals surface area contributed by atoms with E-state index in [1.54, 1.807) is 19.5 Å². The van der Waals surface area contributed by atoms with Crippen molar-refractivity contribution in [2.24, 2.45) is 11.8 Å². The van der Waals surface area contributed by atoms with E-state index < -0.39 is 18.0 Å². The first-order valence-electron chi connectivity index (χ1n) is 10.6. The standard InChI is InChI=1S/C24H20N2O7/c1-11(27)33-23-14-8-18-17(31-10-32-18)7-13(14)20(21-15(23)9-30-24(21)28)12-5-16-22(19(6-12)29-2)26-4-3-25-16/h3-8,15,20-21,23H,9-10H2,1-2H3/t15-,20?,21-,23-/m0/s1. The molecule has 1 saturated heterocycles. The molecule has 2 aliphatic heterocycles. The molecule has 3 aliphatic rings. The summed E-state index contributed by atoms with van der Waals surface area (Å²) in [6.07, 6.45) is 2.58. The first-order valence-corrected chi connectivity index (χ1v) is 10.6. The average Bonchev–Trinajstić information content (AvgIpc) is 3.43. The van der Waals surface area contributed by atoms with Gasteiger partial charge in [-0.1, -0.05) is 0 Å². The molecule has 1 aromatic heterocycles. The number of hydrogen-bond donors (Lipinski definition) is 0. The number of hydrogen-bond acceptors (Lipinski definition) is 9. The maximum atomic E-state index is 13.0. The second-order valence-corrected chi connectivity index (χ2v) is 8.31. The maximum absolute atomic E-state index is 13.0. The average molecular weight is 448 g/mol. The number of esters is 2. The number of cyclic esters (lactones) is 1. The number of carbonyl (C=O) groups excluding carboxylic acids is 2. The van der Waals surface area contributed by atoms with Gasteiger partial charge in [0, 0.05) is 36.7 Å². The van der Waals surface area contributed by atoms with Crippen molar-refractivity contribution < 1.29 is 33.3 Å². The van der Waals surface area contributed by atoms with Crippen molar-refractivity contribution in [3.05, 3.63) is 53.3 Å². The molecule has 0 radical (unpaired) electrons. The molecule has 6 rings (SSSR count). The second kappa shape index (κ2) is 7.33. The minimum Gasteiger partial charge on any atom is -0.494 e. The van der Waals surface area contributed by atoms with Gasteiger partial charge in [-0.3, -0.25) is 14.6 Å². The van der Waals surface area contributed by atoms with Gasteiger partial charge in [0.2, 0.25) is 6.79 Å². The molecule has 3 heterocycles. The molecular weight excluding hydrogens is 428 g/mol. The lowest BCUT2D eigenvalue weighted by Crippen LogP contribution is -2.36. The van der Waals surface area contributed by atoms with E-state index in [0.29, 0.717) is 28.3 Å². The van der Waals surface area contributed by atoms with Gasteiger partial charge >= 0.3 is 11.9 Å². The molecular formula is C24H20N2O7. The lowest BCUT2D eigenvalue weighted by molar-refractivity contribution is -0.152. The zero-order valence-corrected chi connectivity index (χ0v) is 17.9. The first-order chi connectivity index (χ1) is 16.0. The molecule has 3 aromatic rings. The fourth-order valence-corrected chi connectivity index (χ4v) is 5.24. The van der Waals surface area contributed by atoms with Crippen molar-refractivity contribution in [1.82, 2.24) is 9.97 Å². The van der Waals surface area contributed by atoms with Crippen LogP contribution in [-0.4, -0.2) is 42.4 Å². The number of benzene rings is 2. The molecule has 0 spiro atoms. The van der Waals surface area contributed by atoms with Gasteiger partial charge < -0.3 is 23.7 Å². The quantitative estimate of drug-likeness (QED) is 0.559. The van der Waals surface area contributed by atoms with Crippen LogP contribution in [0, 0.1) is 11.8 Å². The summed E-state index contributed by atoms with van der Waals surface area (Å²) in [5, 5.41) is 0. The van der Waals surface area contributed by atoms with Crippen LogP contribution in [0.3, 0.4) is 0 Å². The Morgan fingerprint density at radius 1 is 1.03 bits per heavy atom. The molecule has 0 bridgehead atoms. The minimum absolute atomic E-state index is 0.107. The smallest absolute Gasteiger partial charge is 0.310 e. The minimum atomic E-state index is -0.637. The summed E-state index contributed by atoms with van der Waals surface area (Å²) >= 11 is 0. The Bertz CT molecular complexity index is 1310. The van der Waals surface area contributed by atoms with Crippen molar-refractivity contribution in [2.75, 3.05) is 20.5 Å². The maximum Gasteiger partial charge on any atom is 0.310 e. The van der Waals surface area contributed by atoms with Crippen molar-refractivity contribution in [2.45, 2.75) is 18.9 Å². The molecule has 0 saturated carbocycles. The summed E-state index contributed by atoms with van der Waals surface area (Å²) in [6, 6.07) is 7.51. The van der Waals surface area contributed by atoms with Crippen molar-refractivity contribution in [1.29, 1.82) is 0 Å². The molecule has 4 atom stereocenters. The van der Waals surface area contributed by atoms with Crippen LogP contribution in [0.1, 0.15) is 35.6 Å². The summed E-state index contributed by atoms with van der Waals surface area (Å²) in [4.78, 5) is 33.8. The molecule has 1 aliphatic carbocycles. The highest BCUT2D eigenvalue weighted by Gasteiger charge is 2.53. The third-order valence-corrected chi connectivity index (χ3v) is 6.55. The van der Waals surface area contributed by atoms with Gasteiger partial charge in [0.1, 0.15) is 17.4 Å². The van der Waals surface area contributed by atoms with Crippen LogP contribution in [0.15, 0.2) is 36.7 Å². The van der Waals surface area contributed by atoms with Gasteiger partial charge in [0.05, 0.1) is 25.2 Å². The Morgan fingerprint density at radius 3 is 2.55 bits per heavy atom. The SMILES string of the molecule is COc1cc(C2c3cc4c(cc3[C@H](OC(C)=O)[C@H]3COC(=O)[C@H]23)OCO4)cc2nccnc12. The molecule has 9 nitrogen and oxygen atoms in total. The van der Waals surface area contributed by atoms with Crippen LogP contribution in [-0.2, 0) is 19.1 Å². The van der Waals surface area contributed by atoms with E-state index in [1.165, 1.54) is 6.92 Å². The van der Waals surface area contributed by atoms with Gasteiger partial charge in [-0.05, 0) is 35.4 Å². The second-order valence-electron chi connectivity index (χ2n) is 8.31. The molecule has 0 N–H and O–H groups in total.